The van der Waals surface area contributed by atoms with E-state index >= 15 is 0 Å². The van der Waals surface area contributed by atoms with E-state index in [0.717, 1.165) is 5.56 Å². The molecule has 0 aliphatic heterocycles. The van der Waals surface area contributed by atoms with Crippen LogP contribution in [0.1, 0.15) is 18.4 Å². The Labute approximate surface area is 119 Å². The van der Waals surface area contributed by atoms with E-state index in [4.69, 9.17) is 23.1 Å². The summed E-state index contributed by atoms with van der Waals surface area (Å²) in [6.07, 6.45) is 0. The molecule has 19 heavy (non-hydrogen) atoms. The molecule has 6 heteroatoms. The van der Waals surface area contributed by atoms with Crippen LogP contribution in [0.5, 0.6) is 0 Å². The molecule has 0 radical (unpaired) electrons. The van der Waals surface area contributed by atoms with Crippen molar-refractivity contribution < 1.29 is 8.42 Å². The van der Waals surface area contributed by atoms with Crippen LogP contribution in [0.3, 0.4) is 0 Å². The van der Waals surface area contributed by atoms with Gasteiger partial charge in [0.15, 0.2) is 9.84 Å². The molecule has 0 spiro atoms. The SMILES string of the molecule is CCS(=O)(=O)[C@@H]1[C@H](c2cccc(Cl)c2)C1(CN)CN. The van der Waals surface area contributed by atoms with Crippen molar-refractivity contribution in [3.63, 3.8) is 0 Å². The molecule has 1 aliphatic rings. The lowest BCUT2D eigenvalue weighted by Crippen LogP contribution is -2.31. The second-order valence-corrected chi connectivity index (χ2v) is 7.89. The molecular weight excluding hydrogens is 284 g/mol. The molecule has 0 aromatic heterocycles. The number of hydrogen-bond donors (Lipinski definition) is 2. The van der Waals surface area contributed by atoms with Gasteiger partial charge in [0.1, 0.15) is 0 Å². The lowest BCUT2D eigenvalue weighted by atomic mass is 9.99. The Balaban J connectivity index is 2.45. The molecular formula is C13H19ClN2O2S. The Morgan fingerprint density at radius 3 is 2.42 bits per heavy atom. The molecule has 0 saturated heterocycles. The Kier molecular flexibility index (Phi) is 3.93. The minimum absolute atomic E-state index is 0.108. The van der Waals surface area contributed by atoms with Crippen LogP contribution in [0.4, 0.5) is 0 Å². The standard InChI is InChI=1S/C13H19ClN2O2S/c1-2-19(17,18)12-11(13(12,7-15)8-16)9-4-3-5-10(14)6-9/h3-6,11-12H,2,7-8,15-16H2,1H3/t11-,12+/m0/s1. The van der Waals surface area contributed by atoms with Gasteiger partial charge in [-0.2, -0.15) is 0 Å². The van der Waals surface area contributed by atoms with Gasteiger partial charge >= 0.3 is 0 Å². The van der Waals surface area contributed by atoms with E-state index in [9.17, 15) is 8.42 Å². The average Bonchev–Trinajstić information content (AvgIpc) is 3.09. The zero-order valence-electron chi connectivity index (χ0n) is 10.8. The number of hydrogen-bond acceptors (Lipinski definition) is 4. The van der Waals surface area contributed by atoms with Gasteiger partial charge in [0.05, 0.1) is 5.25 Å². The molecule has 0 bridgehead atoms. The van der Waals surface area contributed by atoms with Gasteiger partial charge in [0.25, 0.3) is 0 Å². The lowest BCUT2D eigenvalue weighted by molar-refractivity contribution is 0.510. The molecule has 1 aromatic carbocycles. The van der Waals surface area contributed by atoms with Gasteiger partial charge in [-0.25, -0.2) is 8.42 Å². The number of halogens is 1. The highest BCUT2D eigenvalue weighted by molar-refractivity contribution is 7.92. The lowest BCUT2D eigenvalue weighted by Gasteiger charge is -2.12. The van der Waals surface area contributed by atoms with Gasteiger partial charge in [0, 0.05) is 35.2 Å². The van der Waals surface area contributed by atoms with E-state index in [1.54, 1.807) is 19.1 Å². The third kappa shape index (κ3) is 2.29. The maximum atomic E-state index is 12.2. The predicted molar refractivity (Wildman–Crippen MR) is 78.0 cm³/mol. The fourth-order valence-electron chi connectivity index (χ4n) is 2.97. The Hall–Kier alpha value is -0.620. The van der Waals surface area contributed by atoms with Gasteiger partial charge in [0.2, 0.25) is 0 Å². The van der Waals surface area contributed by atoms with Crippen molar-refractivity contribution >= 4 is 21.4 Å². The quantitative estimate of drug-likeness (QED) is 0.854. The first-order chi connectivity index (χ1) is 8.93. The maximum Gasteiger partial charge on any atom is 0.154 e. The largest absolute Gasteiger partial charge is 0.330 e. The minimum atomic E-state index is -3.17. The molecule has 2 rings (SSSR count). The summed E-state index contributed by atoms with van der Waals surface area (Å²) in [4.78, 5) is 0. The second-order valence-electron chi connectivity index (χ2n) is 5.05. The second kappa shape index (κ2) is 5.05. The predicted octanol–water partition coefficient (Wildman–Crippen LogP) is 1.14. The van der Waals surface area contributed by atoms with Crippen LogP contribution >= 0.6 is 11.6 Å². The molecule has 0 amide bonds. The fourth-order valence-corrected chi connectivity index (χ4v) is 5.35. The van der Waals surface area contributed by atoms with Gasteiger partial charge in [-0.05, 0) is 17.7 Å². The summed E-state index contributed by atoms with van der Waals surface area (Å²) >= 11 is 5.98. The van der Waals surface area contributed by atoms with Crippen molar-refractivity contribution in [1.82, 2.24) is 0 Å². The maximum absolute atomic E-state index is 12.2. The van der Waals surface area contributed by atoms with Crippen molar-refractivity contribution in [1.29, 1.82) is 0 Å². The van der Waals surface area contributed by atoms with Crippen LogP contribution in [0, 0.1) is 5.41 Å². The Bertz CT molecular complexity index is 570. The van der Waals surface area contributed by atoms with Gasteiger partial charge in [-0.1, -0.05) is 30.7 Å². The van der Waals surface area contributed by atoms with Crippen LogP contribution in [0.15, 0.2) is 24.3 Å². The van der Waals surface area contributed by atoms with E-state index in [0.29, 0.717) is 5.02 Å². The van der Waals surface area contributed by atoms with Gasteiger partial charge in [-0.15, -0.1) is 0 Å². The van der Waals surface area contributed by atoms with Gasteiger partial charge in [-0.3, -0.25) is 0 Å². The molecule has 4 N–H and O–H groups in total. The summed E-state index contributed by atoms with van der Waals surface area (Å²) in [5.74, 6) is -0.0395. The summed E-state index contributed by atoms with van der Waals surface area (Å²) < 4.78 is 24.4. The van der Waals surface area contributed by atoms with E-state index < -0.39 is 20.5 Å². The van der Waals surface area contributed by atoms with E-state index in [1.165, 1.54) is 0 Å². The summed E-state index contributed by atoms with van der Waals surface area (Å²) in [6.45, 7) is 2.19. The fraction of sp³-hybridized carbons (Fsp3) is 0.538. The summed E-state index contributed by atoms with van der Waals surface area (Å²) in [7, 11) is -3.17. The van der Waals surface area contributed by atoms with E-state index in [1.807, 2.05) is 12.1 Å². The molecule has 106 valence electrons. The molecule has 1 fully saturated rings. The number of benzene rings is 1. The van der Waals surface area contributed by atoms with Gasteiger partial charge < -0.3 is 11.5 Å². The topological polar surface area (TPSA) is 86.2 Å². The first-order valence-electron chi connectivity index (χ1n) is 6.30. The highest BCUT2D eigenvalue weighted by Gasteiger charge is 2.68. The molecule has 4 nitrogen and oxygen atoms in total. The third-order valence-electron chi connectivity index (χ3n) is 4.14. The van der Waals surface area contributed by atoms with Crippen molar-refractivity contribution in [2.24, 2.45) is 16.9 Å². The smallest absolute Gasteiger partial charge is 0.154 e. The monoisotopic (exact) mass is 302 g/mol. The molecule has 1 aromatic rings. The van der Waals surface area contributed by atoms with Crippen LogP contribution in [0.2, 0.25) is 5.02 Å². The van der Waals surface area contributed by atoms with Crippen LogP contribution in [0.25, 0.3) is 0 Å². The van der Waals surface area contributed by atoms with E-state index in [2.05, 4.69) is 0 Å². The highest BCUT2D eigenvalue weighted by Crippen LogP contribution is 2.62. The molecule has 1 saturated carbocycles. The number of sulfone groups is 1. The highest BCUT2D eigenvalue weighted by atomic mass is 35.5. The zero-order chi connectivity index (χ0) is 14.3. The Morgan fingerprint density at radius 2 is 1.95 bits per heavy atom. The average molecular weight is 303 g/mol. The van der Waals surface area contributed by atoms with Crippen molar-refractivity contribution in [2.45, 2.75) is 18.1 Å². The first kappa shape index (κ1) is 14.8. The van der Waals surface area contributed by atoms with Crippen LogP contribution in [-0.4, -0.2) is 32.5 Å². The minimum Gasteiger partial charge on any atom is -0.330 e. The molecule has 1 aliphatic carbocycles. The van der Waals surface area contributed by atoms with Crippen molar-refractivity contribution in [2.75, 3.05) is 18.8 Å². The first-order valence-corrected chi connectivity index (χ1v) is 8.39. The normalized spacial score (nSPS) is 25.3. The third-order valence-corrected chi connectivity index (χ3v) is 6.69. The zero-order valence-corrected chi connectivity index (χ0v) is 12.4. The van der Waals surface area contributed by atoms with Crippen molar-refractivity contribution in [3.05, 3.63) is 34.9 Å². The molecule has 2 atom stereocenters. The van der Waals surface area contributed by atoms with Crippen LogP contribution in [-0.2, 0) is 9.84 Å². The Morgan fingerprint density at radius 1 is 1.32 bits per heavy atom. The van der Waals surface area contributed by atoms with Crippen LogP contribution < -0.4 is 11.5 Å². The number of nitrogens with two attached hydrogens (primary N) is 2. The van der Waals surface area contributed by atoms with E-state index in [-0.39, 0.29) is 24.8 Å². The van der Waals surface area contributed by atoms with Crippen molar-refractivity contribution in [3.8, 4) is 0 Å². The molecule has 0 unspecified atom stereocenters. The summed E-state index contributed by atoms with van der Waals surface area (Å²) in [5, 5.41) is 0.110. The molecule has 0 heterocycles. The summed E-state index contributed by atoms with van der Waals surface area (Å²) in [6, 6.07) is 7.28. The number of rotatable bonds is 5. The summed E-state index contributed by atoms with van der Waals surface area (Å²) in [5.41, 5.74) is 12.0.